The lowest BCUT2D eigenvalue weighted by atomic mass is 9.89. The molecular weight excluding hydrogens is 410 g/mol. The van der Waals surface area contributed by atoms with E-state index in [0.717, 1.165) is 31.4 Å². The number of nitrogens with zero attached hydrogens (tertiary/aromatic N) is 1. The fourth-order valence-corrected chi connectivity index (χ4v) is 5.39. The molecular formula is C33H29N. The molecule has 4 aromatic carbocycles. The summed E-state index contributed by atoms with van der Waals surface area (Å²) in [7, 11) is 0. The minimum atomic E-state index is 1.05. The Morgan fingerprint density at radius 1 is 0.559 bits per heavy atom. The van der Waals surface area contributed by atoms with Crippen molar-refractivity contribution in [2.45, 2.75) is 39.5 Å². The fraction of sp³-hybridized carbons (Fsp3) is 0.182. The molecule has 34 heavy (non-hydrogen) atoms. The summed E-state index contributed by atoms with van der Waals surface area (Å²) < 4.78 is 0. The van der Waals surface area contributed by atoms with Crippen LogP contribution in [0.15, 0.2) is 91.1 Å². The van der Waals surface area contributed by atoms with E-state index in [1.165, 1.54) is 60.8 Å². The molecule has 0 amide bonds. The summed E-state index contributed by atoms with van der Waals surface area (Å²) in [5, 5.41) is 2.46. The first-order valence-electron chi connectivity index (χ1n) is 12.3. The van der Waals surface area contributed by atoms with Crippen LogP contribution in [0.1, 0.15) is 33.4 Å². The molecule has 166 valence electrons. The first-order valence-corrected chi connectivity index (χ1v) is 12.3. The average molecular weight is 440 g/mol. The first-order chi connectivity index (χ1) is 16.6. The number of hydrogen-bond acceptors (Lipinski definition) is 1. The molecule has 4 bridgehead atoms. The molecule has 1 heteroatoms. The molecule has 1 aromatic heterocycles. The van der Waals surface area contributed by atoms with Crippen molar-refractivity contribution in [1.29, 1.82) is 0 Å². The maximum Gasteiger partial charge on any atom is 0.0780 e. The van der Waals surface area contributed by atoms with E-state index in [9.17, 15) is 0 Å². The van der Waals surface area contributed by atoms with Gasteiger partial charge in [-0.05, 0) is 103 Å². The van der Waals surface area contributed by atoms with Crippen molar-refractivity contribution < 1.29 is 0 Å². The Hall–Kier alpha value is -3.71. The van der Waals surface area contributed by atoms with Crippen molar-refractivity contribution in [2.75, 3.05) is 0 Å². The minimum absolute atomic E-state index is 1.05. The van der Waals surface area contributed by atoms with Gasteiger partial charge in [-0.1, -0.05) is 71.8 Å². The highest BCUT2D eigenvalue weighted by Crippen LogP contribution is 2.33. The van der Waals surface area contributed by atoms with Crippen molar-refractivity contribution in [3.8, 4) is 22.4 Å². The maximum atomic E-state index is 4.78. The molecule has 4 aliphatic carbocycles. The lowest BCUT2D eigenvalue weighted by molar-refractivity contribution is 0.923. The van der Waals surface area contributed by atoms with Gasteiger partial charge in [-0.2, -0.15) is 0 Å². The van der Waals surface area contributed by atoms with Gasteiger partial charge in [0.1, 0.15) is 0 Å². The Bertz CT molecular complexity index is 1490. The molecule has 0 unspecified atom stereocenters. The van der Waals surface area contributed by atoms with Gasteiger partial charge in [0, 0.05) is 17.1 Å². The molecule has 0 saturated heterocycles. The highest BCUT2D eigenvalue weighted by molar-refractivity contribution is 5.97. The van der Waals surface area contributed by atoms with Gasteiger partial charge in [0.25, 0.3) is 0 Å². The zero-order chi connectivity index (χ0) is 23.1. The normalized spacial score (nSPS) is 13.1. The first kappa shape index (κ1) is 20.9. The van der Waals surface area contributed by atoms with Crippen LogP contribution < -0.4 is 0 Å². The molecule has 4 aliphatic rings. The Morgan fingerprint density at radius 2 is 1.24 bits per heavy atom. The van der Waals surface area contributed by atoms with Crippen LogP contribution in [0.2, 0.25) is 0 Å². The Morgan fingerprint density at radius 3 is 2.00 bits per heavy atom. The van der Waals surface area contributed by atoms with Gasteiger partial charge in [0.05, 0.1) is 5.69 Å². The van der Waals surface area contributed by atoms with E-state index in [-0.39, 0.29) is 0 Å². The second-order valence-electron chi connectivity index (χ2n) is 9.78. The molecule has 0 aliphatic heterocycles. The van der Waals surface area contributed by atoms with Gasteiger partial charge in [0.15, 0.2) is 0 Å². The third-order valence-electron chi connectivity index (χ3n) is 7.15. The summed E-state index contributed by atoms with van der Waals surface area (Å²) in [5.74, 6) is 0. The molecule has 9 rings (SSSR count). The summed E-state index contributed by atoms with van der Waals surface area (Å²) in [5.41, 5.74) is 13.2. The summed E-state index contributed by atoms with van der Waals surface area (Å²) in [4.78, 5) is 4.78. The van der Waals surface area contributed by atoms with Gasteiger partial charge in [-0.25, -0.2) is 0 Å². The van der Waals surface area contributed by atoms with Crippen molar-refractivity contribution in [2.24, 2.45) is 0 Å². The SMILES string of the molecule is Cc1cc(C)cc(-c2nccc3cc(-c4cc5ccc4CCc4ccc(cc4)CC5)ccc23)c1. The fourth-order valence-electron chi connectivity index (χ4n) is 5.39. The molecule has 1 heterocycles. The predicted octanol–water partition coefficient (Wildman–Crippen LogP) is 8.07. The lowest BCUT2D eigenvalue weighted by Gasteiger charge is -2.16. The Balaban J connectivity index is 1.44. The standard InChI is InChI=1S/C33H29N/c1-22-17-23(2)19-30(18-22)33-31-14-13-28(21-29(31)15-16-34-33)32-20-26-8-7-24-3-5-25(6-4-24)9-11-27(32)12-10-26/h3-6,10,12-21H,7-9,11H2,1-2H3. The number of pyridine rings is 1. The van der Waals surface area contributed by atoms with E-state index in [1.54, 1.807) is 0 Å². The monoisotopic (exact) mass is 439 g/mol. The zero-order valence-corrected chi connectivity index (χ0v) is 19.9. The van der Waals surface area contributed by atoms with Gasteiger partial charge in [0.2, 0.25) is 0 Å². The summed E-state index contributed by atoms with van der Waals surface area (Å²) >= 11 is 0. The zero-order valence-electron chi connectivity index (χ0n) is 19.9. The number of aryl methyl sites for hydroxylation is 6. The van der Waals surface area contributed by atoms with E-state index in [2.05, 4.69) is 98.8 Å². The van der Waals surface area contributed by atoms with Crippen LogP contribution >= 0.6 is 0 Å². The molecule has 0 radical (unpaired) electrons. The van der Waals surface area contributed by atoms with E-state index in [1.807, 2.05) is 6.20 Å². The van der Waals surface area contributed by atoms with Crippen LogP contribution in [-0.2, 0) is 25.7 Å². The average Bonchev–Trinajstić information content (AvgIpc) is 2.84. The van der Waals surface area contributed by atoms with Crippen LogP contribution in [0.25, 0.3) is 33.2 Å². The second kappa shape index (κ2) is 8.57. The van der Waals surface area contributed by atoms with E-state index in [4.69, 9.17) is 4.98 Å². The molecule has 0 N–H and O–H groups in total. The van der Waals surface area contributed by atoms with Gasteiger partial charge in [-0.15, -0.1) is 0 Å². The van der Waals surface area contributed by atoms with Gasteiger partial charge in [-0.3, -0.25) is 4.98 Å². The van der Waals surface area contributed by atoms with Crippen LogP contribution in [0.3, 0.4) is 0 Å². The smallest absolute Gasteiger partial charge is 0.0780 e. The van der Waals surface area contributed by atoms with Gasteiger partial charge >= 0.3 is 0 Å². The molecule has 0 fully saturated rings. The quantitative estimate of drug-likeness (QED) is 0.271. The predicted molar refractivity (Wildman–Crippen MR) is 143 cm³/mol. The summed E-state index contributed by atoms with van der Waals surface area (Å²) in [6, 6.07) is 32.1. The van der Waals surface area contributed by atoms with E-state index in [0.29, 0.717) is 0 Å². The van der Waals surface area contributed by atoms with Crippen molar-refractivity contribution in [3.05, 3.63) is 125 Å². The molecule has 5 aromatic rings. The van der Waals surface area contributed by atoms with Gasteiger partial charge < -0.3 is 0 Å². The Kier molecular flexibility index (Phi) is 5.26. The number of rotatable bonds is 2. The molecule has 0 atom stereocenters. The molecule has 0 saturated carbocycles. The number of hydrogen-bond donors (Lipinski definition) is 0. The van der Waals surface area contributed by atoms with E-state index < -0.39 is 0 Å². The van der Waals surface area contributed by atoms with Crippen LogP contribution in [0.4, 0.5) is 0 Å². The highest BCUT2D eigenvalue weighted by Gasteiger charge is 2.12. The largest absolute Gasteiger partial charge is 0.256 e. The number of benzene rings is 4. The van der Waals surface area contributed by atoms with Crippen LogP contribution in [-0.4, -0.2) is 4.98 Å². The number of fused-ring (bicyclic) bond motifs is 1. The van der Waals surface area contributed by atoms with E-state index >= 15 is 0 Å². The second-order valence-corrected chi connectivity index (χ2v) is 9.78. The van der Waals surface area contributed by atoms with Crippen LogP contribution in [0, 0.1) is 13.8 Å². The number of aromatic nitrogens is 1. The van der Waals surface area contributed by atoms with Crippen molar-refractivity contribution in [1.82, 2.24) is 4.98 Å². The topological polar surface area (TPSA) is 12.9 Å². The third-order valence-corrected chi connectivity index (χ3v) is 7.15. The highest BCUT2D eigenvalue weighted by atomic mass is 14.7. The molecule has 0 spiro atoms. The van der Waals surface area contributed by atoms with Crippen molar-refractivity contribution >= 4 is 10.8 Å². The minimum Gasteiger partial charge on any atom is -0.256 e. The maximum absolute atomic E-state index is 4.78. The third kappa shape index (κ3) is 4.03. The Labute approximate surface area is 202 Å². The summed E-state index contributed by atoms with van der Waals surface area (Å²) in [6.07, 6.45) is 6.23. The van der Waals surface area contributed by atoms with Crippen LogP contribution in [0.5, 0.6) is 0 Å². The lowest BCUT2D eigenvalue weighted by Crippen LogP contribution is -2.00. The summed E-state index contributed by atoms with van der Waals surface area (Å²) in [6.45, 7) is 4.31. The molecule has 1 nitrogen and oxygen atoms in total. The van der Waals surface area contributed by atoms with Crippen molar-refractivity contribution in [3.63, 3.8) is 0 Å².